The van der Waals surface area contributed by atoms with Crippen molar-refractivity contribution in [1.82, 2.24) is 9.88 Å². The molecule has 0 radical (unpaired) electrons. The Labute approximate surface area is 172 Å². The van der Waals surface area contributed by atoms with Gasteiger partial charge in [-0.05, 0) is 43.9 Å². The number of aryl methyl sites for hydroxylation is 1. The van der Waals surface area contributed by atoms with E-state index in [9.17, 15) is 4.79 Å². The topological polar surface area (TPSA) is 49.6 Å². The van der Waals surface area contributed by atoms with Crippen molar-refractivity contribution in [3.63, 3.8) is 0 Å². The molecule has 3 rings (SSSR count). The van der Waals surface area contributed by atoms with Crippen molar-refractivity contribution in [2.75, 3.05) is 24.5 Å². The summed E-state index contributed by atoms with van der Waals surface area (Å²) < 4.78 is 1.76. The molecule has 0 bridgehead atoms. The van der Waals surface area contributed by atoms with Crippen LogP contribution in [0.5, 0.6) is 0 Å². The first kappa shape index (κ1) is 20.5. The highest BCUT2D eigenvalue weighted by molar-refractivity contribution is 14.0. The summed E-state index contributed by atoms with van der Waals surface area (Å²) in [4.78, 5) is 18.8. The van der Waals surface area contributed by atoms with Crippen molar-refractivity contribution in [1.29, 1.82) is 0 Å². The molecule has 0 atom stereocenters. The van der Waals surface area contributed by atoms with Gasteiger partial charge in [0.05, 0.1) is 0 Å². The largest absolute Gasteiger partial charge is 0.356 e. The zero-order valence-corrected chi connectivity index (χ0v) is 17.6. The van der Waals surface area contributed by atoms with Gasteiger partial charge in [0.2, 0.25) is 5.56 Å². The first-order chi connectivity index (χ1) is 12.3. The van der Waals surface area contributed by atoms with Crippen LogP contribution in [0.4, 0.5) is 5.69 Å². The predicted octanol–water partition coefficient (Wildman–Crippen LogP) is 3.27. The fourth-order valence-electron chi connectivity index (χ4n) is 3.18. The summed E-state index contributed by atoms with van der Waals surface area (Å²) in [7, 11) is 0. The minimum Gasteiger partial charge on any atom is -0.356 e. The third-order valence-corrected chi connectivity index (χ3v) is 4.45. The number of para-hydroxylation sites is 1. The quantitative estimate of drug-likeness (QED) is 0.308. The predicted molar refractivity (Wildman–Crippen MR) is 119 cm³/mol. The standard InChI is InChI=1S/C20H26N4O.HI/c1-2-21-20(24-16-12-17-9-3-4-10-18(17)24)22-13-6-8-15-23-14-7-5-11-19(23)25;/h3-5,7,9-11,14H,2,6,8,12-13,15-16H2,1H3,(H,21,22);1H. The van der Waals surface area contributed by atoms with Crippen LogP contribution in [-0.4, -0.2) is 30.2 Å². The highest BCUT2D eigenvalue weighted by Crippen LogP contribution is 2.27. The second kappa shape index (κ2) is 10.4. The number of nitrogens with zero attached hydrogens (tertiary/aromatic N) is 3. The zero-order valence-electron chi connectivity index (χ0n) is 15.2. The second-order valence-corrected chi connectivity index (χ2v) is 6.21. The average molecular weight is 466 g/mol. The Hall–Kier alpha value is -1.83. The number of hydrogen-bond donors (Lipinski definition) is 1. The number of benzene rings is 1. The van der Waals surface area contributed by atoms with E-state index in [1.54, 1.807) is 16.7 Å². The van der Waals surface area contributed by atoms with Crippen molar-refractivity contribution >= 4 is 35.6 Å². The molecule has 0 saturated carbocycles. The van der Waals surface area contributed by atoms with Gasteiger partial charge in [0.1, 0.15) is 0 Å². The summed E-state index contributed by atoms with van der Waals surface area (Å²) in [5.74, 6) is 0.962. The van der Waals surface area contributed by atoms with E-state index in [0.29, 0.717) is 0 Å². The van der Waals surface area contributed by atoms with E-state index in [1.165, 1.54) is 11.3 Å². The monoisotopic (exact) mass is 466 g/mol. The molecule has 1 aliphatic rings. The number of nitrogens with one attached hydrogen (secondary N) is 1. The molecular formula is C20H27IN4O. The summed E-state index contributed by atoms with van der Waals surface area (Å²) in [6.07, 6.45) is 4.82. The number of unbranched alkanes of at least 4 members (excludes halogenated alkanes) is 1. The number of halogens is 1. The van der Waals surface area contributed by atoms with Crippen molar-refractivity contribution < 1.29 is 0 Å². The summed E-state index contributed by atoms with van der Waals surface area (Å²) in [5, 5.41) is 3.40. The van der Waals surface area contributed by atoms with Gasteiger partial charge in [-0.2, -0.15) is 0 Å². The highest BCUT2D eigenvalue weighted by atomic mass is 127. The van der Waals surface area contributed by atoms with Crippen molar-refractivity contribution in [3.05, 3.63) is 64.6 Å². The number of guanidine groups is 1. The van der Waals surface area contributed by atoms with Crippen LogP contribution < -0.4 is 15.8 Å². The molecule has 0 amide bonds. The number of aliphatic imine (C=N–C) groups is 1. The third-order valence-electron chi connectivity index (χ3n) is 4.45. The van der Waals surface area contributed by atoms with Crippen LogP contribution in [-0.2, 0) is 13.0 Å². The van der Waals surface area contributed by atoms with Gasteiger partial charge in [0.25, 0.3) is 0 Å². The fourth-order valence-corrected chi connectivity index (χ4v) is 3.18. The number of hydrogen-bond acceptors (Lipinski definition) is 2. The van der Waals surface area contributed by atoms with Crippen LogP contribution in [0.25, 0.3) is 0 Å². The number of fused-ring (bicyclic) bond motifs is 1. The van der Waals surface area contributed by atoms with E-state index in [4.69, 9.17) is 4.99 Å². The Kier molecular flexibility index (Phi) is 8.15. The van der Waals surface area contributed by atoms with Gasteiger partial charge < -0.3 is 14.8 Å². The number of aromatic nitrogens is 1. The Bertz CT molecular complexity index is 787. The van der Waals surface area contributed by atoms with Gasteiger partial charge in [0, 0.05) is 44.1 Å². The average Bonchev–Trinajstić information content (AvgIpc) is 3.06. The molecule has 1 aromatic carbocycles. The Morgan fingerprint density at radius 2 is 1.96 bits per heavy atom. The minimum atomic E-state index is 0. The van der Waals surface area contributed by atoms with Crippen LogP contribution in [0.15, 0.2) is 58.4 Å². The lowest BCUT2D eigenvalue weighted by molar-refractivity contribution is 0.598. The lowest BCUT2D eigenvalue weighted by Crippen LogP contribution is -2.40. The van der Waals surface area contributed by atoms with E-state index in [-0.39, 0.29) is 29.5 Å². The number of rotatable bonds is 6. The molecule has 26 heavy (non-hydrogen) atoms. The second-order valence-electron chi connectivity index (χ2n) is 6.21. The van der Waals surface area contributed by atoms with Crippen molar-refractivity contribution in [2.45, 2.75) is 32.7 Å². The summed E-state index contributed by atoms with van der Waals surface area (Å²) in [6.45, 7) is 5.45. The third kappa shape index (κ3) is 5.09. The number of anilines is 1. The van der Waals surface area contributed by atoms with Gasteiger partial charge in [-0.15, -0.1) is 24.0 Å². The minimum absolute atomic E-state index is 0. The maximum atomic E-state index is 11.7. The maximum Gasteiger partial charge on any atom is 0.250 e. The molecule has 2 aromatic rings. The van der Waals surface area contributed by atoms with Gasteiger partial charge >= 0.3 is 0 Å². The Morgan fingerprint density at radius 1 is 1.15 bits per heavy atom. The summed E-state index contributed by atoms with van der Waals surface area (Å²) in [6, 6.07) is 13.8. The normalized spacial score (nSPS) is 13.3. The molecule has 2 heterocycles. The number of pyridine rings is 1. The summed E-state index contributed by atoms with van der Waals surface area (Å²) >= 11 is 0. The van der Waals surface area contributed by atoms with E-state index in [1.807, 2.05) is 12.3 Å². The van der Waals surface area contributed by atoms with Crippen LogP contribution in [0.1, 0.15) is 25.3 Å². The molecule has 5 nitrogen and oxygen atoms in total. The SMILES string of the molecule is CCNC(=NCCCCn1ccccc1=O)N1CCc2ccccc21.I. The van der Waals surface area contributed by atoms with Crippen molar-refractivity contribution in [2.24, 2.45) is 4.99 Å². The molecule has 1 aliphatic heterocycles. The maximum absolute atomic E-state index is 11.7. The van der Waals surface area contributed by atoms with Gasteiger partial charge in [-0.3, -0.25) is 9.79 Å². The van der Waals surface area contributed by atoms with Crippen LogP contribution in [0, 0.1) is 0 Å². The molecule has 1 aromatic heterocycles. The summed E-state index contributed by atoms with van der Waals surface area (Å²) in [5.41, 5.74) is 2.71. The Morgan fingerprint density at radius 3 is 2.77 bits per heavy atom. The molecule has 140 valence electrons. The lowest BCUT2D eigenvalue weighted by Gasteiger charge is -2.22. The lowest BCUT2D eigenvalue weighted by atomic mass is 10.2. The first-order valence-electron chi connectivity index (χ1n) is 9.09. The van der Waals surface area contributed by atoms with Gasteiger partial charge in [0.15, 0.2) is 5.96 Å². The van der Waals surface area contributed by atoms with Gasteiger partial charge in [-0.1, -0.05) is 24.3 Å². The zero-order chi connectivity index (χ0) is 17.5. The van der Waals surface area contributed by atoms with E-state index >= 15 is 0 Å². The van der Waals surface area contributed by atoms with E-state index in [0.717, 1.165) is 51.4 Å². The Balaban J connectivity index is 0.00000243. The molecule has 0 saturated heterocycles. The highest BCUT2D eigenvalue weighted by Gasteiger charge is 2.22. The van der Waals surface area contributed by atoms with E-state index < -0.39 is 0 Å². The molecule has 1 N–H and O–H groups in total. The molecule has 0 aliphatic carbocycles. The molecular weight excluding hydrogens is 439 g/mol. The molecule has 0 unspecified atom stereocenters. The van der Waals surface area contributed by atoms with Crippen LogP contribution in [0.3, 0.4) is 0 Å². The van der Waals surface area contributed by atoms with Crippen LogP contribution >= 0.6 is 24.0 Å². The molecule has 0 spiro atoms. The van der Waals surface area contributed by atoms with E-state index in [2.05, 4.69) is 41.4 Å². The first-order valence-corrected chi connectivity index (χ1v) is 9.09. The fraction of sp³-hybridized carbons (Fsp3) is 0.400. The van der Waals surface area contributed by atoms with Crippen LogP contribution in [0.2, 0.25) is 0 Å². The molecule has 0 fully saturated rings. The smallest absolute Gasteiger partial charge is 0.250 e. The molecule has 6 heteroatoms. The van der Waals surface area contributed by atoms with Crippen molar-refractivity contribution in [3.8, 4) is 0 Å². The van der Waals surface area contributed by atoms with Gasteiger partial charge in [-0.25, -0.2) is 0 Å².